The van der Waals surface area contributed by atoms with Gasteiger partial charge in [-0.15, -0.1) is 0 Å². The Bertz CT molecular complexity index is 821. The van der Waals surface area contributed by atoms with Gasteiger partial charge in [0.25, 0.3) is 0 Å². The third-order valence-electron chi connectivity index (χ3n) is 3.94. The van der Waals surface area contributed by atoms with Crippen molar-refractivity contribution in [2.75, 3.05) is 13.3 Å². The Morgan fingerprint density at radius 3 is 2.39 bits per heavy atom. The summed E-state index contributed by atoms with van der Waals surface area (Å²) in [4.78, 5) is 2.49. The van der Waals surface area contributed by atoms with Crippen LogP contribution >= 0.6 is 0 Å². The maximum absolute atomic E-state index is 11.5. The van der Waals surface area contributed by atoms with E-state index in [0.717, 1.165) is 11.1 Å². The number of rotatable bonds is 5. The monoisotopic (exact) mass is 328 g/mol. The van der Waals surface area contributed by atoms with E-state index >= 15 is 0 Å². The first-order valence-corrected chi connectivity index (χ1v) is 9.19. The van der Waals surface area contributed by atoms with Crippen LogP contribution in [0.1, 0.15) is 29.7 Å². The maximum atomic E-state index is 11.5. The zero-order valence-corrected chi connectivity index (χ0v) is 14.3. The van der Waals surface area contributed by atoms with Gasteiger partial charge in [0, 0.05) is 18.8 Å². The lowest BCUT2D eigenvalue weighted by molar-refractivity contribution is 0.253. The van der Waals surface area contributed by atoms with Gasteiger partial charge in [-0.3, -0.25) is 4.90 Å². The van der Waals surface area contributed by atoms with Crippen molar-refractivity contribution in [2.24, 2.45) is 0 Å². The van der Waals surface area contributed by atoms with Gasteiger partial charge in [0.1, 0.15) is 0 Å². The second-order valence-electron chi connectivity index (χ2n) is 5.74. The van der Waals surface area contributed by atoms with E-state index in [-0.39, 0.29) is 6.04 Å². The van der Waals surface area contributed by atoms with Crippen molar-refractivity contribution >= 4 is 9.84 Å². The maximum Gasteiger partial charge on any atom is 0.175 e. The van der Waals surface area contributed by atoms with E-state index in [1.165, 1.54) is 6.26 Å². The Kier molecular flexibility index (Phi) is 5.19. The minimum Gasteiger partial charge on any atom is -0.295 e. The molecule has 23 heavy (non-hydrogen) atoms. The smallest absolute Gasteiger partial charge is 0.175 e. The van der Waals surface area contributed by atoms with Gasteiger partial charge in [-0.1, -0.05) is 24.3 Å². The topological polar surface area (TPSA) is 61.2 Å². The lowest BCUT2D eigenvalue weighted by Gasteiger charge is -2.25. The zero-order chi connectivity index (χ0) is 17.0. The quantitative estimate of drug-likeness (QED) is 0.846. The fourth-order valence-electron chi connectivity index (χ4n) is 2.41. The van der Waals surface area contributed by atoms with Crippen LogP contribution in [0.5, 0.6) is 0 Å². The van der Waals surface area contributed by atoms with Gasteiger partial charge in [0.05, 0.1) is 16.5 Å². The molecular weight excluding hydrogens is 308 g/mol. The molecule has 0 heterocycles. The van der Waals surface area contributed by atoms with Crippen LogP contribution in [0.4, 0.5) is 0 Å². The highest BCUT2D eigenvalue weighted by Crippen LogP contribution is 2.22. The van der Waals surface area contributed by atoms with E-state index in [1.807, 2.05) is 37.4 Å². The van der Waals surface area contributed by atoms with Crippen LogP contribution < -0.4 is 0 Å². The predicted molar refractivity (Wildman–Crippen MR) is 90.6 cm³/mol. The van der Waals surface area contributed by atoms with E-state index in [9.17, 15) is 8.42 Å². The molecule has 0 unspecified atom stereocenters. The third kappa shape index (κ3) is 4.41. The van der Waals surface area contributed by atoms with Crippen molar-refractivity contribution in [2.45, 2.75) is 24.4 Å². The molecular formula is C18H20N2O2S. The number of hydrogen-bond donors (Lipinski definition) is 0. The van der Waals surface area contributed by atoms with Crippen molar-refractivity contribution in [1.82, 2.24) is 4.90 Å². The molecule has 2 aromatic rings. The molecule has 0 saturated carbocycles. The first-order chi connectivity index (χ1) is 10.8. The predicted octanol–water partition coefficient (Wildman–Crippen LogP) is 3.15. The number of nitrogens with zero attached hydrogens (tertiary/aromatic N) is 2. The van der Waals surface area contributed by atoms with E-state index < -0.39 is 9.84 Å². The molecule has 0 amide bonds. The number of benzene rings is 2. The van der Waals surface area contributed by atoms with Crippen LogP contribution in [0.25, 0.3) is 0 Å². The molecule has 0 radical (unpaired) electrons. The van der Waals surface area contributed by atoms with Crippen molar-refractivity contribution in [1.29, 1.82) is 5.26 Å². The van der Waals surface area contributed by atoms with Crippen molar-refractivity contribution in [3.63, 3.8) is 0 Å². The normalized spacial score (nSPS) is 12.8. The molecule has 0 bridgehead atoms. The van der Waals surface area contributed by atoms with Crippen LogP contribution in [0.15, 0.2) is 53.4 Å². The average Bonchev–Trinajstić information content (AvgIpc) is 2.53. The molecule has 0 N–H and O–H groups in total. The largest absolute Gasteiger partial charge is 0.295 e. The summed E-state index contributed by atoms with van der Waals surface area (Å²) in [5, 5.41) is 8.96. The zero-order valence-electron chi connectivity index (χ0n) is 13.5. The number of hydrogen-bond acceptors (Lipinski definition) is 4. The molecule has 5 heteroatoms. The molecule has 2 rings (SSSR count). The van der Waals surface area contributed by atoms with Gasteiger partial charge in [-0.25, -0.2) is 8.42 Å². The molecule has 0 aliphatic heterocycles. The second kappa shape index (κ2) is 6.95. The molecule has 4 nitrogen and oxygen atoms in total. The Morgan fingerprint density at radius 1 is 1.17 bits per heavy atom. The fraction of sp³-hybridized carbons (Fsp3) is 0.278. The lowest BCUT2D eigenvalue weighted by atomic mass is 10.1. The Balaban J connectivity index is 2.13. The summed E-state index contributed by atoms with van der Waals surface area (Å²) in [5.74, 6) is 0. The first-order valence-electron chi connectivity index (χ1n) is 7.30. The van der Waals surface area contributed by atoms with Crippen molar-refractivity contribution in [3.05, 3.63) is 65.2 Å². The Hall–Kier alpha value is -2.16. The SMILES string of the molecule is C[C@@H](c1ccc(S(C)(=O)=O)cc1)N(C)Cc1cccc(C#N)c1. The lowest BCUT2D eigenvalue weighted by Crippen LogP contribution is -2.22. The van der Waals surface area contributed by atoms with Gasteiger partial charge < -0.3 is 0 Å². The Labute approximate surface area is 137 Å². The molecule has 0 saturated heterocycles. The van der Waals surface area contributed by atoms with Gasteiger partial charge in [0.2, 0.25) is 0 Å². The van der Waals surface area contributed by atoms with Crippen LogP contribution in [-0.4, -0.2) is 26.6 Å². The van der Waals surface area contributed by atoms with E-state index in [1.54, 1.807) is 18.2 Å². The Morgan fingerprint density at radius 2 is 1.83 bits per heavy atom. The molecule has 0 aliphatic rings. The van der Waals surface area contributed by atoms with Crippen LogP contribution in [0, 0.1) is 11.3 Å². The molecule has 2 aromatic carbocycles. The van der Waals surface area contributed by atoms with Gasteiger partial charge in [0.15, 0.2) is 9.84 Å². The second-order valence-corrected chi connectivity index (χ2v) is 7.76. The molecule has 0 aliphatic carbocycles. The summed E-state index contributed by atoms with van der Waals surface area (Å²) in [5.41, 5.74) is 2.78. The summed E-state index contributed by atoms with van der Waals surface area (Å²) in [6, 6.07) is 16.8. The molecule has 120 valence electrons. The summed E-state index contributed by atoms with van der Waals surface area (Å²) in [7, 11) is -1.16. The first kappa shape index (κ1) is 17.2. The van der Waals surface area contributed by atoms with Crippen molar-refractivity contribution < 1.29 is 8.42 Å². The number of sulfone groups is 1. The highest BCUT2D eigenvalue weighted by molar-refractivity contribution is 7.90. The summed E-state index contributed by atoms with van der Waals surface area (Å²) < 4.78 is 23.0. The summed E-state index contributed by atoms with van der Waals surface area (Å²) >= 11 is 0. The van der Waals surface area contributed by atoms with Crippen LogP contribution in [-0.2, 0) is 16.4 Å². The molecule has 1 atom stereocenters. The minimum atomic E-state index is -3.17. The fourth-order valence-corrected chi connectivity index (χ4v) is 3.04. The van der Waals surface area contributed by atoms with Crippen molar-refractivity contribution in [3.8, 4) is 6.07 Å². The van der Waals surface area contributed by atoms with Gasteiger partial charge in [-0.2, -0.15) is 5.26 Å². The highest BCUT2D eigenvalue weighted by atomic mass is 32.2. The van der Waals surface area contributed by atoms with E-state index in [0.29, 0.717) is 17.0 Å². The minimum absolute atomic E-state index is 0.134. The van der Waals surface area contributed by atoms with Gasteiger partial charge >= 0.3 is 0 Å². The average molecular weight is 328 g/mol. The molecule has 0 aromatic heterocycles. The van der Waals surface area contributed by atoms with E-state index in [2.05, 4.69) is 17.9 Å². The summed E-state index contributed by atoms with van der Waals surface area (Å²) in [6.07, 6.45) is 1.21. The molecule has 0 spiro atoms. The standard InChI is InChI=1S/C18H20N2O2S/c1-14(17-7-9-18(10-8-17)23(3,21)22)20(2)13-16-6-4-5-15(11-16)12-19/h4-11,14H,13H2,1-3H3/t14-/m0/s1. The third-order valence-corrected chi connectivity index (χ3v) is 5.07. The van der Waals surface area contributed by atoms with Gasteiger partial charge in [-0.05, 0) is 49.4 Å². The van der Waals surface area contributed by atoms with E-state index in [4.69, 9.17) is 5.26 Å². The highest BCUT2D eigenvalue weighted by Gasteiger charge is 2.14. The number of nitriles is 1. The van der Waals surface area contributed by atoms with Crippen LogP contribution in [0.2, 0.25) is 0 Å². The summed E-state index contributed by atoms with van der Waals surface area (Å²) in [6.45, 7) is 2.79. The van der Waals surface area contributed by atoms with Crippen LogP contribution in [0.3, 0.4) is 0 Å². The molecule has 0 fully saturated rings.